The lowest BCUT2D eigenvalue weighted by Crippen LogP contribution is -2.40. The molecule has 0 saturated heterocycles. The topological polar surface area (TPSA) is 99.2 Å². The Morgan fingerprint density at radius 2 is 2.00 bits per heavy atom. The summed E-state index contributed by atoms with van der Waals surface area (Å²) in [5, 5.41) is 11.1. The van der Waals surface area contributed by atoms with Crippen molar-refractivity contribution in [3.8, 4) is 6.07 Å². The van der Waals surface area contributed by atoms with Gasteiger partial charge in [0.05, 0.1) is 19.0 Å². The fraction of sp³-hybridized carbons (Fsp3) is 0.357. The van der Waals surface area contributed by atoms with Gasteiger partial charge in [-0.15, -0.1) is 0 Å². The summed E-state index contributed by atoms with van der Waals surface area (Å²) >= 11 is 0. The molecular weight excluding hydrogens is 256 g/mol. The lowest BCUT2D eigenvalue weighted by molar-refractivity contribution is -0.129. The summed E-state index contributed by atoms with van der Waals surface area (Å²) in [6, 6.07) is 8.44. The maximum atomic E-state index is 11.9. The van der Waals surface area contributed by atoms with Gasteiger partial charge in [0.15, 0.2) is 0 Å². The molecule has 1 aromatic carbocycles. The van der Waals surface area contributed by atoms with Crippen molar-refractivity contribution in [1.82, 2.24) is 10.2 Å². The number of benzene rings is 1. The number of nitrogens with two attached hydrogens (primary N) is 1. The number of likely N-dealkylation sites (N-methyl/N-ethyl adjacent to an activating group) is 1. The average Bonchev–Trinajstić information content (AvgIpc) is 2.46. The van der Waals surface area contributed by atoms with Gasteiger partial charge in [-0.05, 0) is 31.2 Å². The van der Waals surface area contributed by atoms with Crippen LogP contribution in [0.25, 0.3) is 0 Å². The van der Waals surface area contributed by atoms with E-state index in [1.54, 1.807) is 24.3 Å². The third-order valence-corrected chi connectivity index (χ3v) is 2.80. The molecule has 3 N–H and O–H groups in total. The first-order chi connectivity index (χ1) is 9.58. The highest BCUT2D eigenvalue weighted by Gasteiger charge is 2.13. The normalized spacial score (nSPS) is 9.60. The highest BCUT2D eigenvalue weighted by molar-refractivity contribution is 5.96. The van der Waals surface area contributed by atoms with Gasteiger partial charge in [-0.25, -0.2) is 0 Å². The lowest BCUT2D eigenvalue weighted by Gasteiger charge is -2.19. The molecule has 6 heteroatoms. The smallest absolute Gasteiger partial charge is 0.251 e. The van der Waals surface area contributed by atoms with E-state index in [4.69, 9.17) is 11.0 Å². The summed E-state index contributed by atoms with van der Waals surface area (Å²) in [6.07, 6.45) is 0.283. The molecule has 0 aliphatic carbocycles. The second kappa shape index (κ2) is 7.79. The van der Waals surface area contributed by atoms with Gasteiger partial charge in [0.1, 0.15) is 0 Å². The van der Waals surface area contributed by atoms with Crippen LogP contribution in [-0.4, -0.2) is 36.3 Å². The number of nitrogens with zero attached hydrogens (tertiary/aromatic N) is 2. The van der Waals surface area contributed by atoms with Crippen LogP contribution in [0.15, 0.2) is 24.3 Å². The number of amides is 2. The van der Waals surface area contributed by atoms with E-state index in [2.05, 4.69) is 5.32 Å². The minimum absolute atomic E-state index is 0.0809. The highest BCUT2D eigenvalue weighted by Crippen LogP contribution is 2.05. The number of rotatable bonds is 6. The Morgan fingerprint density at radius 3 is 2.55 bits per heavy atom. The predicted octanol–water partition coefficient (Wildman–Crippen LogP) is 0.761. The summed E-state index contributed by atoms with van der Waals surface area (Å²) in [4.78, 5) is 25.2. The van der Waals surface area contributed by atoms with Gasteiger partial charge in [-0.2, -0.15) is 5.26 Å². The Hall–Kier alpha value is -2.55. The van der Waals surface area contributed by atoms with E-state index in [1.807, 2.05) is 13.0 Å². The molecule has 20 heavy (non-hydrogen) atoms. The zero-order chi connectivity index (χ0) is 15.0. The number of nitrogens with one attached hydrogen (secondary N) is 1. The molecule has 0 fully saturated rings. The molecule has 106 valence electrons. The molecule has 0 spiro atoms. The number of carbonyl (C=O) groups excluding carboxylic acids is 2. The van der Waals surface area contributed by atoms with Crippen molar-refractivity contribution in [2.45, 2.75) is 13.3 Å². The molecule has 1 rings (SSSR count). The molecule has 0 heterocycles. The third kappa shape index (κ3) is 4.61. The van der Waals surface area contributed by atoms with Gasteiger partial charge in [-0.1, -0.05) is 0 Å². The van der Waals surface area contributed by atoms with Crippen molar-refractivity contribution < 1.29 is 9.59 Å². The summed E-state index contributed by atoms with van der Waals surface area (Å²) in [7, 11) is 0. The van der Waals surface area contributed by atoms with Crippen molar-refractivity contribution in [2.75, 3.05) is 25.4 Å². The van der Waals surface area contributed by atoms with Crippen LogP contribution >= 0.6 is 0 Å². The van der Waals surface area contributed by atoms with Gasteiger partial charge in [0, 0.05) is 24.3 Å². The monoisotopic (exact) mass is 274 g/mol. The first kappa shape index (κ1) is 15.5. The number of hydrogen-bond donors (Lipinski definition) is 2. The van der Waals surface area contributed by atoms with Crippen molar-refractivity contribution in [1.29, 1.82) is 5.26 Å². The van der Waals surface area contributed by atoms with Crippen LogP contribution in [0.3, 0.4) is 0 Å². The molecule has 1 aromatic rings. The van der Waals surface area contributed by atoms with Crippen LogP contribution in [0, 0.1) is 11.3 Å². The van der Waals surface area contributed by atoms with Gasteiger partial charge in [-0.3, -0.25) is 9.59 Å². The molecule has 0 aliphatic rings. The van der Waals surface area contributed by atoms with E-state index >= 15 is 0 Å². The fourth-order valence-corrected chi connectivity index (χ4v) is 1.65. The number of hydrogen-bond acceptors (Lipinski definition) is 4. The van der Waals surface area contributed by atoms with E-state index < -0.39 is 0 Å². The minimum atomic E-state index is -0.324. The lowest BCUT2D eigenvalue weighted by atomic mass is 10.2. The van der Waals surface area contributed by atoms with E-state index in [1.165, 1.54) is 4.90 Å². The molecule has 0 bridgehead atoms. The van der Waals surface area contributed by atoms with Gasteiger partial charge in [0.25, 0.3) is 5.91 Å². The van der Waals surface area contributed by atoms with Crippen LogP contribution in [0.1, 0.15) is 23.7 Å². The van der Waals surface area contributed by atoms with Crippen LogP contribution < -0.4 is 11.1 Å². The summed E-state index contributed by atoms with van der Waals surface area (Å²) in [5.41, 5.74) is 6.56. The average molecular weight is 274 g/mol. The van der Waals surface area contributed by atoms with Crippen LogP contribution in [0.5, 0.6) is 0 Å². The molecule has 0 aromatic heterocycles. The largest absolute Gasteiger partial charge is 0.399 e. The molecule has 0 unspecified atom stereocenters. The standard InChI is InChI=1S/C14H18N4O2/c1-2-18(9-3-8-15)13(19)10-17-14(20)11-4-6-12(16)7-5-11/h4-7H,2-3,9-10,16H2,1H3,(H,17,20). The number of anilines is 1. The van der Waals surface area contributed by atoms with Gasteiger partial charge < -0.3 is 16.0 Å². The Kier molecular flexibility index (Phi) is 6.04. The second-order valence-electron chi connectivity index (χ2n) is 4.19. The first-order valence-electron chi connectivity index (χ1n) is 6.37. The van der Waals surface area contributed by atoms with Gasteiger partial charge in [0.2, 0.25) is 5.91 Å². The molecule has 0 saturated carbocycles. The summed E-state index contributed by atoms with van der Waals surface area (Å²) in [5.74, 6) is -0.527. The van der Waals surface area contributed by atoms with Crippen molar-refractivity contribution >= 4 is 17.5 Å². The van der Waals surface area contributed by atoms with Crippen LogP contribution in [0.2, 0.25) is 0 Å². The third-order valence-electron chi connectivity index (χ3n) is 2.80. The number of carbonyl (C=O) groups is 2. The zero-order valence-electron chi connectivity index (χ0n) is 11.4. The van der Waals surface area contributed by atoms with Gasteiger partial charge >= 0.3 is 0 Å². The number of nitriles is 1. The quantitative estimate of drug-likeness (QED) is 0.748. The maximum absolute atomic E-state index is 11.9. The fourth-order valence-electron chi connectivity index (χ4n) is 1.65. The van der Waals surface area contributed by atoms with Crippen molar-refractivity contribution in [3.63, 3.8) is 0 Å². The second-order valence-corrected chi connectivity index (χ2v) is 4.19. The molecule has 0 atom stereocenters. The predicted molar refractivity (Wildman–Crippen MR) is 75.7 cm³/mol. The molecule has 0 aliphatic heterocycles. The SMILES string of the molecule is CCN(CCC#N)C(=O)CNC(=O)c1ccc(N)cc1. The van der Waals surface area contributed by atoms with E-state index in [0.717, 1.165) is 0 Å². The van der Waals surface area contributed by atoms with E-state index in [0.29, 0.717) is 24.3 Å². The van der Waals surface area contributed by atoms with Crippen molar-refractivity contribution in [3.05, 3.63) is 29.8 Å². The Balaban J connectivity index is 2.49. The van der Waals surface area contributed by atoms with E-state index in [-0.39, 0.29) is 24.8 Å². The molecule has 0 radical (unpaired) electrons. The zero-order valence-corrected chi connectivity index (χ0v) is 11.4. The highest BCUT2D eigenvalue weighted by atomic mass is 16.2. The maximum Gasteiger partial charge on any atom is 0.251 e. The Bertz CT molecular complexity index is 505. The molecule has 6 nitrogen and oxygen atoms in total. The van der Waals surface area contributed by atoms with Crippen LogP contribution in [-0.2, 0) is 4.79 Å². The Labute approximate surface area is 118 Å². The Morgan fingerprint density at radius 1 is 1.35 bits per heavy atom. The first-order valence-corrected chi connectivity index (χ1v) is 6.37. The van der Waals surface area contributed by atoms with Crippen LogP contribution in [0.4, 0.5) is 5.69 Å². The van der Waals surface area contributed by atoms with E-state index in [9.17, 15) is 9.59 Å². The molecular formula is C14H18N4O2. The number of nitrogen functional groups attached to an aromatic ring is 1. The molecule has 2 amide bonds. The summed E-state index contributed by atoms with van der Waals surface area (Å²) in [6.45, 7) is 2.64. The minimum Gasteiger partial charge on any atom is -0.399 e. The van der Waals surface area contributed by atoms with Crippen molar-refractivity contribution in [2.24, 2.45) is 0 Å². The summed E-state index contributed by atoms with van der Waals surface area (Å²) < 4.78 is 0.